The summed E-state index contributed by atoms with van der Waals surface area (Å²) in [6.45, 7) is 1.16. The van der Waals surface area contributed by atoms with E-state index >= 15 is 0 Å². The van der Waals surface area contributed by atoms with Gasteiger partial charge in [0, 0.05) is 19.1 Å². The van der Waals surface area contributed by atoms with E-state index in [1.54, 1.807) is 12.1 Å². The van der Waals surface area contributed by atoms with E-state index in [0.717, 1.165) is 12.8 Å². The monoisotopic (exact) mass is 279 g/mol. The molecule has 1 aliphatic rings. The largest absolute Gasteiger partial charge is 0.318 e. The van der Waals surface area contributed by atoms with Gasteiger partial charge in [-0.1, -0.05) is 12.1 Å². The van der Waals surface area contributed by atoms with Gasteiger partial charge in [0.25, 0.3) is 0 Å². The molecular formula is C13H17N3O2S. The minimum absolute atomic E-state index is 0.0262. The summed E-state index contributed by atoms with van der Waals surface area (Å²) in [5.74, 6) is 0. The van der Waals surface area contributed by atoms with Gasteiger partial charge in [-0.2, -0.15) is 9.57 Å². The molecule has 1 saturated heterocycles. The van der Waals surface area contributed by atoms with Crippen molar-refractivity contribution in [2.24, 2.45) is 0 Å². The third kappa shape index (κ3) is 2.63. The number of rotatable bonds is 4. The molecule has 0 radical (unpaired) electrons. The first-order valence-electron chi connectivity index (χ1n) is 6.27. The normalized spacial score (nSPS) is 20.3. The molecule has 1 fully saturated rings. The maximum atomic E-state index is 12.6. The Morgan fingerprint density at radius 2 is 2.21 bits per heavy atom. The van der Waals surface area contributed by atoms with Crippen LogP contribution in [0.25, 0.3) is 0 Å². The first-order valence-corrected chi connectivity index (χ1v) is 7.71. The predicted molar refractivity (Wildman–Crippen MR) is 72.0 cm³/mol. The molecule has 1 aliphatic heterocycles. The minimum Gasteiger partial charge on any atom is -0.318 e. The fraction of sp³-hybridized carbons (Fsp3) is 0.462. The number of nitriles is 1. The number of likely N-dealkylation sites (N-methyl/N-ethyl adjacent to an activating group) is 1. The van der Waals surface area contributed by atoms with Crippen molar-refractivity contribution < 1.29 is 8.42 Å². The highest BCUT2D eigenvalue weighted by Gasteiger charge is 2.35. The Labute approximate surface area is 113 Å². The molecule has 0 aromatic heterocycles. The zero-order chi connectivity index (χ0) is 13.9. The molecule has 0 spiro atoms. The van der Waals surface area contributed by atoms with Crippen molar-refractivity contribution in [2.75, 3.05) is 20.1 Å². The lowest BCUT2D eigenvalue weighted by Crippen LogP contribution is -2.41. The maximum Gasteiger partial charge on any atom is 0.244 e. The van der Waals surface area contributed by atoms with Gasteiger partial charge in [0.1, 0.15) is 6.07 Å². The van der Waals surface area contributed by atoms with Crippen LogP contribution in [0, 0.1) is 11.3 Å². The van der Waals surface area contributed by atoms with E-state index in [2.05, 4.69) is 5.32 Å². The number of nitrogens with zero attached hydrogens (tertiary/aromatic N) is 2. The number of sulfonamides is 1. The lowest BCUT2D eigenvalue weighted by Gasteiger charge is -2.24. The van der Waals surface area contributed by atoms with Crippen LogP contribution in [0.2, 0.25) is 0 Å². The van der Waals surface area contributed by atoms with E-state index in [4.69, 9.17) is 5.26 Å². The molecule has 0 saturated carbocycles. The van der Waals surface area contributed by atoms with Crippen LogP contribution in [-0.2, 0) is 10.0 Å². The van der Waals surface area contributed by atoms with Crippen LogP contribution in [0.15, 0.2) is 29.2 Å². The van der Waals surface area contributed by atoms with E-state index in [-0.39, 0.29) is 16.5 Å². The lowest BCUT2D eigenvalue weighted by molar-refractivity contribution is 0.379. The van der Waals surface area contributed by atoms with Crippen molar-refractivity contribution in [2.45, 2.75) is 23.8 Å². The first-order chi connectivity index (χ1) is 9.11. The molecule has 0 aliphatic carbocycles. The van der Waals surface area contributed by atoms with Crippen molar-refractivity contribution in [3.05, 3.63) is 29.8 Å². The fourth-order valence-corrected chi connectivity index (χ4v) is 4.31. The SMILES string of the molecule is CNCC1CCCN1S(=O)(=O)c1ccccc1C#N. The second kappa shape index (κ2) is 5.70. The molecule has 0 bridgehead atoms. The van der Waals surface area contributed by atoms with Crippen LogP contribution in [0.4, 0.5) is 0 Å². The van der Waals surface area contributed by atoms with Gasteiger partial charge in [0.2, 0.25) is 10.0 Å². The average Bonchev–Trinajstić information content (AvgIpc) is 2.88. The summed E-state index contributed by atoms with van der Waals surface area (Å²) in [7, 11) is -1.77. The van der Waals surface area contributed by atoms with Gasteiger partial charge in [0.05, 0.1) is 10.5 Å². The Balaban J connectivity index is 2.40. The molecule has 2 rings (SSSR count). The second-order valence-corrected chi connectivity index (χ2v) is 6.44. The van der Waals surface area contributed by atoms with E-state index in [1.165, 1.54) is 16.4 Å². The Hall–Kier alpha value is -1.42. The first kappa shape index (κ1) is 14.0. The van der Waals surface area contributed by atoms with Crippen molar-refractivity contribution in [1.29, 1.82) is 5.26 Å². The quantitative estimate of drug-likeness (QED) is 0.890. The van der Waals surface area contributed by atoms with Crippen molar-refractivity contribution in [3.63, 3.8) is 0 Å². The molecule has 1 atom stereocenters. The molecule has 5 nitrogen and oxygen atoms in total. The molecular weight excluding hydrogens is 262 g/mol. The van der Waals surface area contributed by atoms with E-state index < -0.39 is 10.0 Å². The summed E-state index contributed by atoms with van der Waals surface area (Å²) < 4.78 is 26.8. The predicted octanol–water partition coefficient (Wildman–Crippen LogP) is 0.931. The molecule has 1 unspecified atom stereocenters. The summed E-state index contributed by atoms with van der Waals surface area (Å²) in [4.78, 5) is 0.112. The Morgan fingerprint density at radius 3 is 2.89 bits per heavy atom. The Bertz CT molecular complexity index is 592. The van der Waals surface area contributed by atoms with Crippen LogP contribution in [0.1, 0.15) is 18.4 Å². The molecule has 0 amide bonds. The van der Waals surface area contributed by atoms with Crippen LogP contribution in [0.5, 0.6) is 0 Å². The molecule has 1 N–H and O–H groups in total. The van der Waals surface area contributed by atoms with Gasteiger partial charge in [-0.25, -0.2) is 8.42 Å². The summed E-state index contributed by atoms with van der Waals surface area (Å²) in [5.41, 5.74) is 0.206. The Morgan fingerprint density at radius 1 is 1.47 bits per heavy atom. The van der Waals surface area contributed by atoms with Gasteiger partial charge in [-0.15, -0.1) is 0 Å². The highest BCUT2D eigenvalue weighted by Crippen LogP contribution is 2.27. The van der Waals surface area contributed by atoms with Crippen LogP contribution < -0.4 is 5.32 Å². The lowest BCUT2D eigenvalue weighted by atomic mass is 10.2. The van der Waals surface area contributed by atoms with E-state index in [1.807, 2.05) is 13.1 Å². The highest BCUT2D eigenvalue weighted by atomic mass is 32.2. The van der Waals surface area contributed by atoms with Gasteiger partial charge in [-0.05, 0) is 32.0 Å². The zero-order valence-corrected chi connectivity index (χ0v) is 11.7. The molecule has 1 heterocycles. The maximum absolute atomic E-state index is 12.6. The summed E-state index contributed by atoms with van der Waals surface area (Å²) in [6.07, 6.45) is 1.72. The number of hydrogen-bond donors (Lipinski definition) is 1. The number of benzene rings is 1. The van der Waals surface area contributed by atoms with E-state index in [9.17, 15) is 8.42 Å². The standard InChI is InChI=1S/C13H17N3O2S/c1-15-10-12-6-4-8-16(12)19(17,18)13-7-3-2-5-11(13)9-14/h2-3,5,7,12,15H,4,6,8,10H2,1H3. The Kier molecular flexibility index (Phi) is 4.20. The van der Waals surface area contributed by atoms with Crippen LogP contribution in [0.3, 0.4) is 0 Å². The average molecular weight is 279 g/mol. The third-order valence-corrected chi connectivity index (χ3v) is 5.37. The summed E-state index contributed by atoms with van der Waals surface area (Å²) in [6, 6.07) is 8.29. The van der Waals surface area contributed by atoms with Crippen LogP contribution in [-0.4, -0.2) is 38.9 Å². The van der Waals surface area contributed by atoms with Crippen molar-refractivity contribution in [1.82, 2.24) is 9.62 Å². The fourth-order valence-electron chi connectivity index (χ4n) is 2.48. The van der Waals surface area contributed by atoms with Gasteiger partial charge in [0.15, 0.2) is 0 Å². The van der Waals surface area contributed by atoms with E-state index in [0.29, 0.717) is 13.1 Å². The molecule has 1 aromatic carbocycles. The summed E-state index contributed by atoms with van der Waals surface area (Å²) >= 11 is 0. The van der Waals surface area contributed by atoms with Crippen molar-refractivity contribution >= 4 is 10.0 Å². The molecule has 6 heteroatoms. The summed E-state index contributed by atoms with van der Waals surface area (Å²) in [5, 5.41) is 12.1. The van der Waals surface area contributed by atoms with Crippen LogP contribution >= 0.6 is 0 Å². The third-order valence-electron chi connectivity index (χ3n) is 3.36. The highest BCUT2D eigenvalue weighted by molar-refractivity contribution is 7.89. The number of nitrogens with one attached hydrogen (secondary N) is 1. The molecule has 1 aromatic rings. The van der Waals surface area contributed by atoms with Gasteiger partial charge < -0.3 is 5.32 Å². The second-order valence-electron chi connectivity index (χ2n) is 4.58. The van der Waals surface area contributed by atoms with Gasteiger partial charge in [-0.3, -0.25) is 0 Å². The minimum atomic E-state index is -3.58. The van der Waals surface area contributed by atoms with Crippen molar-refractivity contribution in [3.8, 4) is 6.07 Å². The zero-order valence-electron chi connectivity index (χ0n) is 10.8. The molecule has 102 valence electrons. The number of hydrogen-bond acceptors (Lipinski definition) is 4. The smallest absolute Gasteiger partial charge is 0.244 e. The molecule has 19 heavy (non-hydrogen) atoms. The topological polar surface area (TPSA) is 73.2 Å². The van der Waals surface area contributed by atoms with Gasteiger partial charge >= 0.3 is 0 Å².